The van der Waals surface area contributed by atoms with Crippen molar-refractivity contribution in [2.75, 3.05) is 12.4 Å². The number of nitrogens with zero attached hydrogens (tertiary/aromatic N) is 1. The molecule has 3 rings (SSSR count). The second-order valence-corrected chi connectivity index (χ2v) is 6.80. The summed E-state index contributed by atoms with van der Waals surface area (Å²) in [6.45, 7) is 3.71. The van der Waals surface area contributed by atoms with Gasteiger partial charge in [0.05, 0.1) is 18.8 Å². The van der Waals surface area contributed by atoms with Gasteiger partial charge in [-0.15, -0.1) is 0 Å². The third-order valence-electron chi connectivity index (χ3n) is 3.97. The lowest BCUT2D eigenvalue weighted by Crippen LogP contribution is -2.14. The van der Waals surface area contributed by atoms with Crippen LogP contribution < -0.4 is 14.8 Å². The van der Waals surface area contributed by atoms with Crippen molar-refractivity contribution in [3.63, 3.8) is 0 Å². The van der Waals surface area contributed by atoms with Crippen molar-refractivity contribution in [2.24, 2.45) is 0 Å². The fourth-order valence-electron chi connectivity index (χ4n) is 2.66. The lowest BCUT2D eigenvalue weighted by molar-refractivity contribution is 0.0600. The Morgan fingerprint density at radius 3 is 2.39 bits per heavy atom. The molecule has 2 aromatic carbocycles. The maximum atomic E-state index is 13.5. The minimum Gasteiger partial charge on any atom is -0.491 e. The predicted molar refractivity (Wildman–Crippen MR) is 112 cm³/mol. The Kier molecular flexibility index (Phi) is 6.81. The van der Waals surface area contributed by atoms with Crippen molar-refractivity contribution in [3.05, 3.63) is 77.7 Å². The quantitative estimate of drug-likeness (QED) is 0.546. The Hall–Kier alpha value is -3.94. The zero-order valence-electron chi connectivity index (χ0n) is 17.2. The lowest BCUT2D eigenvalue weighted by atomic mass is 10.1. The molecule has 0 aliphatic heterocycles. The molecule has 1 amide bonds. The van der Waals surface area contributed by atoms with Gasteiger partial charge in [-0.05, 0) is 50.2 Å². The second kappa shape index (κ2) is 9.71. The van der Waals surface area contributed by atoms with E-state index in [1.807, 2.05) is 13.8 Å². The van der Waals surface area contributed by atoms with E-state index in [1.54, 1.807) is 18.2 Å². The average molecular weight is 424 g/mol. The van der Waals surface area contributed by atoms with Gasteiger partial charge >= 0.3 is 5.97 Å². The van der Waals surface area contributed by atoms with E-state index in [0.29, 0.717) is 11.5 Å². The molecule has 3 aromatic rings. The molecule has 0 unspecified atom stereocenters. The Morgan fingerprint density at radius 2 is 1.74 bits per heavy atom. The van der Waals surface area contributed by atoms with E-state index in [9.17, 15) is 14.0 Å². The first kappa shape index (κ1) is 21.8. The number of carbonyl (C=O) groups excluding carboxylic acids is 2. The van der Waals surface area contributed by atoms with Crippen LogP contribution in [0.4, 0.5) is 10.2 Å². The number of rotatable bonds is 7. The van der Waals surface area contributed by atoms with Crippen molar-refractivity contribution in [1.29, 1.82) is 0 Å². The summed E-state index contributed by atoms with van der Waals surface area (Å²) in [5.41, 5.74) is 0.516. The normalized spacial score (nSPS) is 10.5. The highest BCUT2D eigenvalue weighted by Crippen LogP contribution is 2.29. The van der Waals surface area contributed by atoms with Gasteiger partial charge in [-0.1, -0.05) is 6.07 Å². The SMILES string of the molecule is COC(=O)c1ccc(NC(=O)c2cc(Oc3cccc(F)c3)cc(OC(C)C)c2)nc1. The van der Waals surface area contributed by atoms with Crippen molar-refractivity contribution in [1.82, 2.24) is 4.98 Å². The highest BCUT2D eigenvalue weighted by Gasteiger charge is 2.14. The monoisotopic (exact) mass is 424 g/mol. The highest BCUT2D eigenvalue weighted by molar-refractivity contribution is 6.04. The fraction of sp³-hybridized carbons (Fsp3) is 0.174. The third kappa shape index (κ3) is 6.02. The van der Waals surface area contributed by atoms with Crippen LogP contribution in [0.1, 0.15) is 34.6 Å². The van der Waals surface area contributed by atoms with Crippen molar-refractivity contribution < 1.29 is 28.2 Å². The molecule has 0 saturated heterocycles. The van der Waals surface area contributed by atoms with Gasteiger partial charge in [-0.25, -0.2) is 14.2 Å². The summed E-state index contributed by atoms with van der Waals surface area (Å²) in [4.78, 5) is 28.3. The molecule has 0 saturated carbocycles. The van der Waals surface area contributed by atoms with Crippen LogP contribution in [0.15, 0.2) is 60.8 Å². The van der Waals surface area contributed by atoms with Crippen molar-refractivity contribution >= 4 is 17.7 Å². The Bertz CT molecular complexity index is 1080. The minimum absolute atomic E-state index is 0.132. The molecule has 31 heavy (non-hydrogen) atoms. The number of pyridine rings is 1. The van der Waals surface area contributed by atoms with Crippen LogP contribution in [-0.4, -0.2) is 30.1 Å². The van der Waals surface area contributed by atoms with E-state index in [-0.39, 0.29) is 28.8 Å². The van der Waals surface area contributed by atoms with Crippen LogP contribution in [0.2, 0.25) is 0 Å². The number of hydrogen-bond donors (Lipinski definition) is 1. The van der Waals surface area contributed by atoms with Gasteiger partial charge in [-0.2, -0.15) is 0 Å². The summed E-state index contributed by atoms with van der Waals surface area (Å²) >= 11 is 0. The number of ether oxygens (including phenoxy) is 3. The number of benzene rings is 2. The van der Waals surface area contributed by atoms with E-state index in [4.69, 9.17) is 9.47 Å². The van der Waals surface area contributed by atoms with Crippen molar-refractivity contribution in [2.45, 2.75) is 20.0 Å². The standard InChI is InChI=1S/C23H21FN2O5/c1-14(2)30-19-9-16(10-20(12-19)31-18-6-4-5-17(24)11-18)22(27)26-21-8-7-15(13-25-21)23(28)29-3/h4-14H,1-3H3,(H,25,26,27). The fourth-order valence-corrected chi connectivity index (χ4v) is 2.66. The molecule has 1 heterocycles. The maximum absolute atomic E-state index is 13.5. The Morgan fingerprint density at radius 1 is 0.968 bits per heavy atom. The molecule has 0 fully saturated rings. The molecular weight excluding hydrogens is 403 g/mol. The second-order valence-electron chi connectivity index (χ2n) is 6.80. The lowest BCUT2D eigenvalue weighted by Gasteiger charge is -2.14. The number of hydrogen-bond acceptors (Lipinski definition) is 6. The average Bonchev–Trinajstić information content (AvgIpc) is 2.73. The largest absolute Gasteiger partial charge is 0.491 e. The smallest absolute Gasteiger partial charge is 0.339 e. The zero-order chi connectivity index (χ0) is 22.4. The molecule has 0 spiro atoms. The number of esters is 1. The van der Waals surface area contributed by atoms with Crippen LogP contribution >= 0.6 is 0 Å². The topological polar surface area (TPSA) is 86.8 Å². The molecule has 160 valence electrons. The predicted octanol–water partition coefficient (Wildman–Crippen LogP) is 4.84. The van der Waals surface area contributed by atoms with E-state index < -0.39 is 17.7 Å². The summed E-state index contributed by atoms with van der Waals surface area (Å²) in [5.74, 6) is -0.161. The summed E-state index contributed by atoms with van der Waals surface area (Å²) in [7, 11) is 1.27. The molecule has 1 aromatic heterocycles. The molecule has 1 N–H and O–H groups in total. The molecule has 0 atom stereocenters. The molecule has 8 heteroatoms. The summed E-state index contributed by atoms with van der Waals surface area (Å²) in [5, 5.41) is 2.65. The number of aromatic nitrogens is 1. The number of anilines is 1. The van der Waals surface area contributed by atoms with Gasteiger partial charge in [0, 0.05) is 23.9 Å². The summed E-state index contributed by atoms with van der Waals surface area (Å²) < 4.78 is 29.5. The van der Waals surface area contributed by atoms with E-state index in [2.05, 4.69) is 15.0 Å². The third-order valence-corrected chi connectivity index (χ3v) is 3.97. The molecule has 0 bridgehead atoms. The van der Waals surface area contributed by atoms with E-state index >= 15 is 0 Å². The first-order chi connectivity index (χ1) is 14.8. The maximum Gasteiger partial charge on any atom is 0.339 e. The molecule has 7 nitrogen and oxygen atoms in total. The zero-order valence-corrected chi connectivity index (χ0v) is 17.2. The van der Waals surface area contributed by atoms with Crippen LogP contribution in [0, 0.1) is 5.82 Å². The summed E-state index contributed by atoms with van der Waals surface area (Å²) in [6, 6.07) is 13.3. The van der Waals surface area contributed by atoms with Crippen LogP contribution in [0.5, 0.6) is 17.2 Å². The summed E-state index contributed by atoms with van der Waals surface area (Å²) in [6.07, 6.45) is 1.17. The van der Waals surface area contributed by atoms with Crippen molar-refractivity contribution in [3.8, 4) is 17.2 Å². The molecule has 0 aliphatic carbocycles. The number of carbonyl (C=O) groups is 2. The van der Waals surface area contributed by atoms with Crippen LogP contribution in [0.25, 0.3) is 0 Å². The number of halogens is 1. The highest BCUT2D eigenvalue weighted by atomic mass is 19.1. The van der Waals surface area contributed by atoms with Gasteiger partial charge in [0.2, 0.25) is 0 Å². The van der Waals surface area contributed by atoms with E-state index in [0.717, 1.165) is 0 Å². The molecule has 0 aliphatic rings. The number of nitrogens with one attached hydrogen (secondary N) is 1. The van der Waals surface area contributed by atoms with Gasteiger partial charge in [0.1, 0.15) is 28.9 Å². The Labute approximate surface area is 178 Å². The number of amides is 1. The first-order valence-corrected chi connectivity index (χ1v) is 9.45. The molecule has 0 radical (unpaired) electrons. The first-order valence-electron chi connectivity index (χ1n) is 9.45. The number of methoxy groups -OCH3 is 1. The van der Waals surface area contributed by atoms with Gasteiger partial charge in [0.15, 0.2) is 0 Å². The minimum atomic E-state index is -0.525. The van der Waals surface area contributed by atoms with Crippen LogP contribution in [0.3, 0.4) is 0 Å². The van der Waals surface area contributed by atoms with Gasteiger partial charge in [0.25, 0.3) is 5.91 Å². The van der Waals surface area contributed by atoms with Gasteiger partial charge in [-0.3, -0.25) is 4.79 Å². The van der Waals surface area contributed by atoms with E-state index in [1.165, 1.54) is 49.7 Å². The Balaban J connectivity index is 1.84. The van der Waals surface area contributed by atoms with Gasteiger partial charge < -0.3 is 19.5 Å². The molecular formula is C23H21FN2O5. The van der Waals surface area contributed by atoms with Crippen LogP contribution in [-0.2, 0) is 4.74 Å².